The van der Waals surface area contributed by atoms with Crippen molar-refractivity contribution in [1.29, 1.82) is 0 Å². The van der Waals surface area contributed by atoms with Gasteiger partial charge in [-0.05, 0) is 43.5 Å². The Kier molecular flexibility index (Phi) is 4.93. The lowest BCUT2D eigenvalue weighted by molar-refractivity contribution is -0.152. The van der Waals surface area contributed by atoms with Gasteiger partial charge in [-0.1, -0.05) is 30.3 Å². The molecule has 0 saturated heterocycles. The minimum atomic E-state index is -0.889. The summed E-state index contributed by atoms with van der Waals surface area (Å²) in [5.74, 6) is -1.32. The summed E-state index contributed by atoms with van der Waals surface area (Å²) in [5.41, 5.74) is 0.923. The number of benzene rings is 2. The molecule has 2 N–H and O–H groups in total. The molecule has 2 aromatic carbocycles. The fourth-order valence-electron chi connectivity index (χ4n) is 3.28. The Morgan fingerprint density at radius 3 is 2.52 bits per heavy atom. The van der Waals surface area contributed by atoms with Gasteiger partial charge in [0.2, 0.25) is 5.91 Å². The van der Waals surface area contributed by atoms with Gasteiger partial charge in [0.25, 0.3) is 0 Å². The molecule has 0 heterocycles. The minimum Gasteiger partial charge on any atom is -0.491 e. The normalized spacial score (nSPS) is 19.5. The molecule has 132 valence electrons. The molecule has 0 spiro atoms. The van der Waals surface area contributed by atoms with Crippen molar-refractivity contribution >= 4 is 22.6 Å². The second-order valence-electron chi connectivity index (χ2n) is 6.78. The highest BCUT2D eigenvalue weighted by molar-refractivity contribution is 5.89. The monoisotopic (exact) mass is 341 g/mol. The number of aliphatic carboxylic acids is 1. The Hall–Kier alpha value is -2.56. The molecule has 0 unspecified atom stereocenters. The molecule has 2 atom stereocenters. The lowest BCUT2D eigenvalue weighted by Crippen LogP contribution is -2.43. The average molecular weight is 341 g/mol. The number of fused-ring (bicyclic) bond motifs is 1. The number of carboxylic acid groups (broad SMARTS) is 1. The molecule has 1 amide bonds. The smallest absolute Gasteiger partial charge is 0.307 e. The largest absolute Gasteiger partial charge is 0.491 e. The van der Waals surface area contributed by atoms with Crippen molar-refractivity contribution in [3.8, 4) is 5.75 Å². The van der Waals surface area contributed by atoms with E-state index in [0.717, 1.165) is 22.1 Å². The Balaban J connectivity index is 1.82. The number of ether oxygens (including phenoxy) is 1. The van der Waals surface area contributed by atoms with Crippen LogP contribution in [-0.4, -0.2) is 23.1 Å². The van der Waals surface area contributed by atoms with Gasteiger partial charge < -0.3 is 15.2 Å². The number of rotatable bonds is 6. The molecule has 0 radical (unpaired) electrons. The van der Waals surface area contributed by atoms with Crippen LogP contribution in [0.2, 0.25) is 0 Å². The molecule has 1 aliphatic carbocycles. The van der Waals surface area contributed by atoms with Crippen LogP contribution >= 0.6 is 0 Å². The average Bonchev–Trinajstić information content (AvgIpc) is 2.51. The highest BCUT2D eigenvalue weighted by Gasteiger charge is 2.41. The van der Waals surface area contributed by atoms with Crippen molar-refractivity contribution in [1.82, 2.24) is 5.32 Å². The predicted molar refractivity (Wildman–Crippen MR) is 95.4 cm³/mol. The molecule has 0 aromatic heterocycles. The third-order valence-electron chi connectivity index (χ3n) is 4.73. The number of hydrogen-bond donors (Lipinski definition) is 2. The lowest BCUT2D eigenvalue weighted by Gasteiger charge is -2.32. The van der Waals surface area contributed by atoms with Gasteiger partial charge >= 0.3 is 5.97 Å². The quantitative estimate of drug-likeness (QED) is 0.845. The van der Waals surface area contributed by atoms with Crippen LogP contribution < -0.4 is 10.1 Å². The second-order valence-corrected chi connectivity index (χ2v) is 6.78. The summed E-state index contributed by atoms with van der Waals surface area (Å²) >= 11 is 0. The van der Waals surface area contributed by atoms with Gasteiger partial charge in [-0.2, -0.15) is 0 Å². The summed E-state index contributed by atoms with van der Waals surface area (Å²) in [4.78, 5) is 23.5. The highest BCUT2D eigenvalue weighted by atomic mass is 16.5. The van der Waals surface area contributed by atoms with Crippen LogP contribution in [0, 0.1) is 11.8 Å². The Morgan fingerprint density at radius 1 is 1.16 bits per heavy atom. The third-order valence-corrected chi connectivity index (χ3v) is 4.73. The van der Waals surface area contributed by atoms with Gasteiger partial charge in [-0.25, -0.2) is 0 Å². The van der Waals surface area contributed by atoms with E-state index in [1.165, 1.54) is 0 Å². The van der Waals surface area contributed by atoms with E-state index in [1.807, 2.05) is 50.2 Å². The Morgan fingerprint density at radius 2 is 1.88 bits per heavy atom. The van der Waals surface area contributed by atoms with Gasteiger partial charge in [0.05, 0.1) is 17.9 Å². The van der Waals surface area contributed by atoms with Crippen LogP contribution in [0.3, 0.4) is 0 Å². The first kappa shape index (κ1) is 17.3. The zero-order valence-electron chi connectivity index (χ0n) is 14.5. The van der Waals surface area contributed by atoms with E-state index < -0.39 is 17.8 Å². The molecule has 3 rings (SSSR count). The molecular weight excluding hydrogens is 318 g/mol. The number of carbonyl (C=O) groups is 2. The standard InChI is InChI=1S/C20H23NO4/c1-12(2)25-18-10-7-13-5-3-4-6-14(13)17(18)11-21-19(22)15-8-9-16(15)20(23)24/h3-7,10,12,15-16H,8-9,11H2,1-2H3,(H,21,22)(H,23,24)/t15-,16+/m1/s1. The highest BCUT2D eigenvalue weighted by Crippen LogP contribution is 2.35. The number of hydrogen-bond acceptors (Lipinski definition) is 3. The maximum atomic E-state index is 12.4. The van der Waals surface area contributed by atoms with E-state index in [0.29, 0.717) is 19.4 Å². The number of carbonyl (C=O) groups excluding carboxylic acids is 1. The first-order chi connectivity index (χ1) is 12.0. The van der Waals surface area contributed by atoms with Crippen molar-refractivity contribution in [3.05, 3.63) is 42.0 Å². The van der Waals surface area contributed by atoms with Gasteiger partial charge in [-0.15, -0.1) is 0 Å². The summed E-state index contributed by atoms with van der Waals surface area (Å²) in [6.45, 7) is 4.25. The molecule has 5 heteroatoms. The van der Waals surface area contributed by atoms with Gasteiger partial charge in [0.1, 0.15) is 5.75 Å². The molecule has 25 heavy (non-hydrogen) atoms. The van der Waals surface area contributed by atoms with Crippen LogP contribution in [0.4, 0.5) is 0 Å². The van der Waals surface area contributed by atoms with Crippen molar-refractivity contribution in [2.24, 2.45) is 11.8 Å². The number of carboxylic acids is 1. The van der Waals surface area contributed by atoms with Gasteiger partial charge in [-0.3, -0.25) is 9.59 Å². The number of amides is 1. The zero-order valence-corrected chi connectivity index (χ0v) is 14.5. The Labute approximate surface area is 147 Å². The summed E-state index contributed by atoms with van der Waals surface area (Å²) in [7, 11) is 0. The fourth-order valence-corrected chi connectivity index (χ4v) is 3.28. The molecule has 0 bridgehead atoms. The van der Waals surface area contributed by atoms with E-state index in [2.05, 4.69) is 5.32 Å². The molecule has 1 fully saturated rings. The fraction of sp³-hybridized carbons (Fsp3) is 0.400. The Bertz CT molecular complexity index is 799. The van der Waals surface area contributed by atoms with Crippen molar-refractivity contribution in [2.45, 2.75) is 39.3 Å². The van der Waals surface area contributed by atoms with Crippen molar-refractivity contribution < 1.29 is 19.4 Å². The maximum absolute atomic E-state index is 12.4. The summed E-state index contributed by atoms with van der Waals surface area (Å²) < 4.78 is 5.90. The second kappa shape index (κ2) is 7.13. The van der Waals surface area contributed by atoms with E-state index in [-0.39, 0.29) is 12.0 Å². The first-order valence-electron chi connectivity index (χ1n) is 8.65. The topological polar surface area (TPSA) is 75.6 Å². The lowest BCUT2D eigenvalue weighted by atomic mass is 9.73. The molecular formula is C20H23NO4. The van der Waals surface area contributed by atoms with Crippen LogP contribution in [0.25, 0.3) is 10.8 Å². The van der Waals surface area contributed by atoms with E-state index in [9.17, 15) is 9.59 Å². The molecule has 5 nitrogen and oxygen atoms in total. The molecule has 0 aliphatic heterocycles. The van der Waals surface area contributed by atoms with Crippen molar-refractivity contribution in [3.63, 3.8) is 0 Å². The predicted octanol–water partition coefficient (Wildman–Crippen LogP) is 3.35. The zero-order chi connectivity index (χ0) is 18.0. The molecule has 1 aliphatic rings. The van der Waals surface area contributed by atoms with Crippen LogP contribution in [-0.2, 0) is 16.1 Å². The summed E-state index contributed by atoms with van der Waals surface area (Å²) in [6, 6.07) is 11.9. The van der Waals surface area contributed by atoms with E-state index in [4.69, 9.17) is 9.84 Å². The third kappa shape index (κ3) is 3.60. The van der Waals surface area contributed by atoms with Crippen LogP contribution in [0.1, 0.15) is 32.3 Å². The molecule has 2 aromatic rings. The minimum absolute atomic E-state index is 0.0265. The van der Waals surface area contributed by atoms with E-state index >= 15 is 0 Å². The van der Waals surface area contributed by atoms with Gasteiger partial charge in [0.15, 0.2) is 0 Å². The van der Waals surface area contributed by atoms with Crippen LogP contribution in [0.5, 0.6) is 5.75 Å². The van der Waals surface area contributed by atoms with Crippen LogP contribution in [0.15, 0.2) is 36.4 Å². The summed E-state index contributed by atoms with van der Waals surface area (Å²) in [6.07, 6.45) is 1.23. The molecule has 1 saturated carbocycles. The SMILES string of the molecule is CC(C)Oc1ccc2ccccc2c1CNC(=O)[C@@H]1CC[C@@H]1C(=O)O. The maximum Gasteiger partial charge on any atom is 0.307 e. The number of nitrogens with one attached hydrogen (secondary N) is 1. The first-order valence-corrected chi connectivity index (χ1v) is 8.65. The van der Waals surface area contributed by atoms with Crippen molar-refractivity contribution in [2.75, 3.05) is 0 Å². The van der Waals surface area contributed by atoms with E-state index in [1.54, 1.807) is 0 Å². The van der Waals surface area contributed by atoms with Gasteiger partial charge in [0, 0.05) is 12.1 Å². The summed E-state index contributed by atoms with van der Waals surface area (Å²) in [5, 5.41) is 14.1.